The standard InChI is InChI=1S/C15H16O3S/c16-19(17,18)12-11-15(13-7-3-1-4-8-13)14-9-5-2-6-10-14/h1-10,15H,11-12H2,(H,16,17,18). The van der Waals surface area contributed by atoms with Gasteiger partial charge in [-0.2, -0.15) is 8.42 Å². The average molecular weight is 276 g/mol. The monoisotopic (exact) mass is 276 g/mol. The van der Waals surface area contributed by atoms with E-state index in [1.807, 2.05) is 60.7 Å². The van der Waals surface area contributed by atoms with Crippen molar-refractivity contribution < 1.29 is 13.0 Å². The Morgan fingerprint density at radius 1 is 0.842 bits per heavy atom. The molecule has 0 aliphatic carbocycles. The van der Waals surface area contributed by atoms with Crippen molar-refractivity contribution in [1.29, 1.82) is 0 Å². The second-order valence-electron chi connectivity index (χ2n) is 4.45. The van der Waals surface area contributed by atoms with E-state index in [-0.39, 0.29) is 11.7 Å². The van der Waals surface area contributed by atoms with Gasteiger partial charge in [-0.15, -0.1) is 0 Å². The lowest BCUT2D eigenvalue weighted by Gasteiger charge is -2.17. The molecule has 0 saturated carbocycles. The number of benzene rings is 2. The summed E-state index contributed by atoms with van der Waals surface area (Å²) in [7, 11) is -3.94. The molecule has 0 atom stereocenters. The zero-order valence-corrected chi connectivity index (χ0v) is 11.3. The fourth-order valence-corrected chi connectivity index (χ4v) is 2.70. The zero-order chi connectivity index (χ0) is 13.7. The first kappa shape index (κ1) is 13.8. The molecule has 0 spiro atoms. The van der Waals surface area contributed by atoms with Gasteiger partial charge >= 0.3 is 0 Å². The van der Waals surface area contributed by atoms with Gasteiger partial charge in [0, 0.05) is 5.92 Å². The lowest BCUT2D eigenvalue weighted by atomic mass is 9.89. The molecule has 0 saturated heterocycles. The molecule has 1 N–H and O–H groups in total. The predicted octanol–water partition coefficient (Wildman–Crippen LogP) is 3.10. The van der Waals surface area contributed by atoms with E-state index in [0.717, 1.165) is 11.1 Å². The van der Waals surface area contributed by atoms with Crippen LogP contribution in [-0.4, -0.2) is 18.7 Å². The normalized spacial score (nSPS) is 11.7. The molecule has 0 aromatic heterocycles. The third kappa shape index (κ3) is 4.19. The molecule has 0 bridgehead atoms. The van der Waals surface area contributed by atoms with E-state index >= 15 is 0 Å². The second-order valence-corrected chi connectivity index (χ2v) is 6.02. The van der Waals surface area contributed by atoms with Crippen molar-refractivity contribution in [1.82, 2.24) is 0 Å². The molecular weight excluding hydrogens is 260 g/mol. The van der Waals surface area contributed by atoms with Gasteiger partial charge in [0.25, 0.3) is 10.1 Å². The SMILES string of the molecule is O=S(=O)(O)CCC(c1ccccc1)c1ccccc1. The molecule has 2 aromatic carbocycles. The maximum absolute atomic E-state index is 11.0. The summed E-state index contributed by atoms with van der Waals surface area (Å²) < 4.78 is 30.8. The Morgan fingerprint density at radius 2 is 1.26 bits per heavy atom. The summed E-state index contributed by atoms with van der Waals surface area (Å²) in [5, 5.41) is 0. The number of hydrogen-bond acceptors (Lipinski definition) is 2. The van der Waals surface area contributed by atoms with Crippen molar-refractivity contribution >= 4 is 10.1 Å². The van der Waals surface area contributed by atoms with E-state index < -0.39 is 10.1 Å². The van der Waals surface area contributed by atoms with Crippen molar-refractivity contribution in [3.63, 3.8) is 0 Å². The van der Waals surface area contributed by atoms with Crippen LogP contribution < -0.4 is 0 Å². The lowest BCUT2D eigenvalue weighted by Crippen LogP contribution is -2.10. The minimum absolute atomic E-state index is 0.0238. The van der Waals surface area contributed by atoms with E-state index in [1.165, 1.54) is 0 Å². The molecule has 0 aliphatic rings. The van der Waals surface area contributed by atoms with Crippen LogP contribution in [0.1, 0.15) is 23.5 Å². The van der Waals surface area contributed by atoms with Crippen LogP contribution in [0.5, 0.6) is 0 Å². The van der Waals surface area contributed by atoms with Crippen LogP contribution in [0.15, 0.2) is 60.7 Å². The highest BCUT2D eigenvalue weighted by Gasteiger charge is 2.16. The van der Waals surface area contributed by atoms with Crippen LogP contribution in [0, 0.1) is 0 Å². The van der Waals surface area contributed by atoms with E-state index in [1.54, 1.807) is 0 Å². The highest BCUT2D eigenvalue weighted by molar-refractivity contribution is 7.85. The highest BCUT2D eigenvalue weighted by Crippen LogP contribution is 2.28. The van der Waals surface area contributed by atoms with Gasteiger partial charge in [0.1, 0.15) is 0 Å². The number of hydrogen-bond donors (Lipinski definition) is 1. The molecule has 0 radical (unpaired) electrons. The average Bonchev–Trinajstić information content (AvgIpc) is 2.40. The van der Waals surface area contributed by atoms with Crippen molar-refractivity contribution in [2.75, 3.05) is 5.75 Å². The van der Waals surface area contributed by atoms with Crippen LogP contribution in [0.3, 0.4) is 0 Å². The van der Waals surface area contributed by atoms with Gasteiger partial charge in [-0.05, 0) is 17.5 Å². The minimum Gasteiger partial charge on any atom is -0.286 e. The lowest BCUT2D eigenvalue weighted by molar-refractivity contribution is 0.479. The number of rotatable bonds is 5. The Balaban J connectivity index is 2.29. The van der Waals surface area contributed by atoms with Crippen LogP contribution in [0.4, 0.5) is 0 Å². The summed E-state index contributed by atoms with van der Waals surface area (Å²) in [4.78, 5) is 0. The Morgan fingerprint density at radius 3 is 1.63 bits per heavy atom. The summed E-state index contributed by atoms with van der Waals surface area (Å²) in [6, 6.07) is 19.5. The molecule has 0 unspecified atom stereocenters. The van der Waals surface area contributed by atoms with Crippen LogP contribution in [-0.2, 0) is 10.1 Å². The van der Waals surface area contributed by atoms with Crippen molar-refractivity contribution in [3.05, 3.63) is 71.8 Å². The Kier molecular flexibility index (Phi) is 4.35. The summed E-state index contributed by atoms with van der Waals surface area (Å²) >= 11 is 0. The minimum atomic E-state index is -3.94. The molecule has 0 heterocycles. The molecule has 4 heteroatoms. The summed E-state index contributed by atoms with van der Waals surface area (Å²) in [5.41, 5.74) is 2.11. The second kappa shape index (κ2) is 5.99. The third-order valence-electron chi connectivity index (χ3n) is 3.07. The van der Waals surface area contributed by atoms with Gasteiger partial charge in [-0.1, -0.05) is 60.7 Å². The van der Waals surface area contributed by atoms with E-state index in [4.69, 9.17) is 4.55 Å². The van der Waals surface area contributed by atoms with Gasteiger partial charge in [-0.3, -0.25) is 4.55 Å². The maximum Gasteiger partial charge on any atom is 0.264 e. The molecule has 3 nitrogen and oxygen atoms in total. The maximum atomic E-state index is 11.0. The van der Waals surface area contributed by atoms with Gasteiger partial charge in [0.05, 0.1) is 5.75 Å². The molecule has 0 amide bonds. The fourth-order valence-electron chi connectivity index (χ4n) is 2.16. The first-order chi connectivity index (χ1) is 9.06. The van der Waals surface area contributed by atoms with Gasteiger partial charge in [-0.25, -0.2) is 0 Å². The molecule has 2 rings (SSSR count). The molecule has 0 aliphatic heterocycles. The summed E-state index contributed by atoms with van der Waals surface area (Å²) in [6.45, 7) is 0. The van der Waals surface area contributed by atoms with E-state index in [2.05, 4.69) is 0 Å². The van der Waals surface area contributed by atoms with Crippen LogP contribution >= 0.6 is 0 Å². The molecule has 100 valence electrons. The van der Waals surface area contributed by atoms with Gasteiger partial charge < -0.3 is 0 Å². The van der Waals surface area contributed by atoms with Gasteiger partial charge in [0.15, 0.2) is 0 Å². The van der Waals surface area contributed by atoms with E-state index in [9.17, 15) is 8.42 Å². The molecule has 0 fully saturated rings. The summed E-state index contributed by atoms with van der Waals surface area (Å²) in [5.74, 6) is -0.258. The Labute approximate surface area is 113 Å². The first-order valence-electron chi connectivity index (χ1n) is 6.11. The van der Waals surface area contributed by atoms with Crippen molar-refractivity contribution in [3.8, 4) is 0 Å². The Hall–Kier alpha value is -1.65. The van der Waals surface area contributed by atoms with Crippen molar-refractivity contribution in [2.45, 2.75) is 12.3 Å². The fraction of sp³-hybridized carbons (Fsp3) is 0.200. The smallest absolute Gasteiger partial charge is 0.264 e. The van der Waals surface area contributed by atoms with Crippen molar-refractivity contribution in [2.24, 2.45) is 0 Å². The molecule has 2 aromatic rings. The predicted molar refractivity (Wildman–Crippen MR) is 75.8 cm³/mol. The Bertz CT molecular complexity index is 567. The summed E-state index contributed by atoms with van der Waals surface area (Å²) in [6.07, 6.45) is 0.368. The molecular formula is C15H16O3S. The topological polar surface area (TPSA) is 54.4 Å². The van der Waals surface area contributed by atoms with E-state index in [0.29, 0.717) is 6.42 Å². The third-order valence-corrected chi connectivity index (χ3v) is 3.82. The van der Waals surface area contributed by atoms with Crippen LogP contribution in [0.25, 0.3) is 0 Å². The quantitative estimate of drug-likeness (QED) is 0.854. The highest BCUT2D eigenvalue weighted by atomic mass is 32.2. The zero-order valence-electron chi connectivity index (χ0n) is 10.4. The van der Waals surface area contributed by atoms with Gasteiger partial charge in [0.2, 0.25) is 0 Å². The molecule has 19 heavy (non-hydrogen) atoms. The first-order valence-corrected chi connectivity index (χ1v) is 7.72. The largest absolute Gasteiger partial charge is 0.286 e. The van der Waals surface area contributed by atoms with Crippen LogP contribution in [0.2, 0.25) is 0 Å².